The van der Waals surface area contributed by atoms with Crippen molar-refractivity contribution in [2.45, 2.75) is 6.04 Å². The van der Waals surface area contributed by atoms with E-state index in [1.807, 2.05) is 59.8 Å². The summed E-state index contributed by atoms with van der Waals surface area (Å²) in [5.41, 5.74) is 10.1. The summed E-state index contributed by atoms with van der Waals surface area (Å²) in [7, 11) is 0. The molecule has 1 saturated heterocycles. The number of nitrogens with one attached hydrogen (secondary N) is 1. The summed E-state index contributed by atoms with van der Waals surface area (Å²) in [6, 6.07) is 14.8. The molecule has 3 N–H and O–H groups in total. The standard InChI is InChI=1S/C20H16N4O2/c21-13-5-3-6-14(11-13)24-23-18(9-4-10-19(23)20(25)26-24)16-12-22-17-8-2-1-7-15(16)17/h1-12,19,22H,21H2. The summed E-state index contributed by atoms with van der Waals surface area (Å²) in [6.07, 6.45) is 7.65. The van der Waals surface area contributed by atoms with Crippen LogP contribution in [0.15, 0.2) is 73.0 Å². The molecule has 2 aliphatic heterocycles. The van der Waals surface area contributed by atoms with E-state index in [9.17, 15) is 4.79 Å². The molecule has 1 atom stereocenters. The number of fused-ring (bicyclic) bond motifs is 2. The summed E-state index contributed by atoms with van der Waals surface area (Å²) >= 11 is 0. The van der Waals surface area contributed by atoms with Crippen LogP contribution in [-0.2, 0) is 9.63 Å². The molecule has 3 aromatic rings. The van der Waals surface area contributed by atoms with Crippen molar-refractivity contribution in [3.05, 3.63) is 78.5 Å². The molecule has 0 radical (unpaired) electrons. The van der Waals surface area contributed by atoms with Crippen molar-refractivity contribution in [1.29, 1.82) is 0 Å². The average Bonchev–Trinajstić information content (AvgIpc) is 3.23. The Kier molecular flexibility index (Phi) is 3.05. The van der Waals surface area contributed by atoms with Crippen LogP contribution in [0.3, 0.4) is 0 Å². The number of nitrogen functional groups attached to an aromatic ring is 1. The molecule has 1 fully saturated rings. The lowest BCUT2D eigenvalue weighted by atomic mass is 10.1. The van der Waals surface area contributed by atoms with Gasteiger partial charge in [-0.25, -0.2) is 9.80 Å². The fraction of sp³-hybridized carbons (Fsp3) is 0.0500. The molecule has 26 heavy (non-hydrogen) atoms. The van der Waals surface area contributed by atoms with Gasteiger partial charge in [-0.05, 0) is 36.4 Å². The van der Waals surface area contributed by atoms with E-state index < -0.39 is 6.04 Å². The third kappa shape index (κ3) is 2.09. The van der Waals surface area contributed by atoms with Crippen LogP contribution in [0, 0.1) is 0 Å². The quantitative estimate of drug-likeness (QED) is 0.698. The number of hydrogen-bond donors (Lipinski definition) is 2. The van der Waals surface area contributed by atoms with Gasteiger partial charge in [0, 0.05) is 28.4 Å². The number of para-hydroxylation sites is 1. The van der Waals surface area contributed by atoms with E-state index >= 15 is 0 Å². The fourth-order valence-electron chi connectivity index (χ4n) is 3.45. The predicted molar refractivity (Wildman–Crippen MR) is 100 cm³/mol. The lowest BCUT2D eigenvalue weighted by molar-refractivity contribution is -0.139. The van der Waals surface area contributed by atoms with Crippen molar-refractivity contribution in [2.75, 3.05) is 10.9 Å². The molecule has 0 bridgehead atoms. The number of rotatable bonds is 2. The van der Waals surface area contributed by atoms with Crippen molar-refractivity contribution < 1.29 is 9.63 Å². The van der Waals surface area contributed by atoms with E-state index in [1.165, 1.54) is 5.17 Å². The minimum Gasteiger partial charge on any atom is -0.399 e. The van der Waals surface area contributed by atoms with Gasteiger partial charge >= 0.3 is 5.97 Å². The topological polar surface area (TPSA) is 74.6 Å². The van der Waals surface area contributed by atoms with E-state index in [0.29, 0.717) is 11.4 Å². The third-order valence-electron chi connectivity index (χ3n) is 4.63. The molecule has 5 rings (SSSR count). The van der Waals surface area contributed by atoms with Gasteiger partial charge in [0.15, 0.2) is 6.04 Å². The maximum Gasteiger partial charge on any atom is 0.363 e. The number of nitrogens with two attached hydrogens (primary N) is 1. The van der Waals surface area contributed by atoms with E-state index in [2.05, 4.69) is 11.1 Å². The first-order valence-corrected chi connectivity index (χ1v) is 8.34. The van der Waals surface area contributed by atoms with Gasteiger partial charge in [0.25, 0.3) is 0 Å². The molecule has 2 aliphatic rings. The number of aromatic amines is 1. The van der Waals surface area contributed by atoms with Gasteiger partial charge in [-0.2, -0.15) is 0 Å². The first kappa shape index (κ1) is 14.7. The highest BCUT2D eigenvalue weighted by Crippen LogP contribution is 2.38. The molecule has 0 aliphatic carbocycles. The van der Waals surface area contributed by atoms with Crippen molar-refractivity contribution in [2.24, 2.45) is 0 Å². The summed E-state index contributed by atoms with van der Waals surface area (Å²) < 4.78 is 0. The highest BCUT2D eigenvalue weighted by atomic mass is 16.8. The third-order valence-corrected chi connectivity index (χ3v) is 4.63. The molecule has 1 aromatic heterocycles. The SMILES string of the molecule is Nc1cccc(N2OC(=O)C3C=CC=C(c4c[nH]c5ccccc45)N32)c1. The second-order valence-electron chi connectivity index (χ2n) is 6.25. The number of anilines is 2. The van der Waals surface area contributed by atoms with Crippen LogP contribution >= 0.6 is 0 Å². The van der Waals surface area contributed by atoms with Gasteiger partial charge in [0.1, 0.15) is 5.69 Å². The summed E-state index contributed by atoms with van der Waals surface area (Å²) in [5, 5.41) is 4.45. The van der Waals surface area contributed by atoms with Gasteiger partial charge in [0.05, 0.1) is 5.70 Å². The first-order valence-electron chi connectivity index (χ1n) is 8.34. The summed E-state index contributed by atoms with van der Waals surface area (Å²) in [5.74, 6) is -0.325. The molecule has 6 heteroatoms. The number of hydrogen-bond acceptors (Lipinski definition) is 5. The van der Waals surface area contributed by atoms with Crippen LogP contribution in [0.2, 0.25) is 0 Å². The predicted octanol–water partition coefficient (Wildman–Crippen LogP) is 3.22. The van der Waals surface area contributed by atoms with Gasteiger partial charge < -0.3 is 15.6 Å². The van der Waals surface area contributed by atoms with Gasteiger partial charge in [-0.15, -0.1) is 5.17 Å². The minimum atomic E-state index is -0.509. The Hall–Kier alpha value is -3.67. The van der Waals surface area contributed by atoms with Crippen LogP contribution in [0.5, 0.6) is 0 Å². The Labute approximate surface area is 149 Å². The zero-order valence-electron chi connectivity index (χ0n) is 13.8. The van der Waals surface area contributed by atoms with E-state index in [4.69, 9.17) is 10.6 Å². The molecule has 0 amide bonds. The molecule has 128 valence electrons. The van der Waals surface area contributed by atoms with Crippen LogP contribution < -0.4 is 10.9 Å². The Bertz CT molecular complexity index is 1080. The molecule has 1 unspecified atom stereocenters. The normalized spacial score (nSPS) is 18.8. The zero-order chi connectivity index (χ0) is 17.7. The van der Waals surface area contributed by atoms with Gasteiger partial charge in [-0.3, -0.25) is 0 Å². The molecule has 3 heterocycles. The largest absolute Gasteiger partial charge is 0.399 e. The van der Waals surface area contributed by atoms with Crippen molar-refractivity contribution >= 4 is 33.9 Å². The van der Waals surface area contributed by atoms with Crippen LogP contribution in [0.4, 0.5) is 11.4 Å². The highest BCUT2D eigenvalue weighted by molar-refractivity contribution is 5.95. The second kappa shape index (κ2) is 5.42. The number of benzene rings is 2. The second-order valence-corrected chi connectivity index (χ2v) is 6.25. The van der Waals surface area contributed by atoms with Gasteiger partial charge in [0.2, 0.25) is 0 Å². The molecule has 6 nitrogen and oxygen atoms in total. The number of allylic oxidation sites excluding steroid dienone is 2. The van der Waals surface area contributed by atoms with Crippen LogP contribution in [-0.4, -0.2) is 22.0 Å². The number of hydrazine groups is 1. The molecule has 2 aromatic carbocycles. The maximum absolute atomic E-state index is 12.4. The number of nitrogens with zero attached hydrogens (tertiary/aromatic N) is 2. The van der Waals surface area contributed by atoms with Gasteiger partial charge in [-0.1, -0.05) is 30.3 Å². The lowest BCUT2D eigenvalue weighted by Crippen LogP contribution is -2.40. The maximum atomic E-state index is 12.4. The average molecular weight is 344 g/mol. The molecule has 0 spiro atoms. The summed E-state index contributed by atoms with van der Waals surface area (Å²) in [6.45, 7) is 0. The monoisotopic (exact) mass is 344 g/mol. The lowest BCUT2D eigenvalue weighted by Gasteiger charge is -2.32. The zero-order valence-corrected chi connectivity index (χ0v) is 13.8. The Balaban J connectivity index is 1.65. The van der Waals surface area contributed by atoms with E-state index in [-0.39, 0.29) is 5.97 Å². The summed E-state index contributed by atoms with van der Waals surface area (Å²) in [4.78, 5) is 21.3. The molecular formula is C20H16N4O2. The van der Waals surface area contributed by atoms with Crippen LogP contribution in [0.1, 0.15) is 5.56 Å². The Morgan fingerprint density at radius 1 is 1.12 bits per heavy atom. The van der Waals surface area contributed by atoms with Crippen molar-refractivity contribution in [3.63, 3.8) is 0 Å². The molecular weight excluding hydrogens is 328 g/mol. The van der Waals surface area contributed by atoms with Crippen LogP contribution in [0.25, 0.3) is 16.6 Å². The van der Waals surface area contributed by atoms with E-state index in [1.54, 1.807) is 12.1 Å². The Morgan fingerprint density at radius 3 is 2.88 bits per heavy atom. The van der Waals surface area contributed by atoms with Crippen molar-refractivity contribution in [3.8, 4) is 0 Å². The fourth-order valence-corrected chi connectivity index (χ4v) is 3.45. The Morgan fingerprint density at radius 2 is 2.00 bits per heavy atom. The number of carbonyl (C=O) groups excluding carboxylic acids is 1. The minimum absolute atomic E-state index is 0.325. The van der Waals surface area contributed by atoms with E-state index in [0.717, 1.165) is 22.2 Å². The number of aromatic nitrogens is 1. The number of carbonyl (C=O) groups is 1. The highest BCUT2D eigenvalue weighted by Gasteiger charge is 2.43. The molecule has 0 saturated carbocycles. The smallest absolute Gasteiger partial charge is 0.363 e. The first-order chi connectivity index (χ1) is 12.7. The number of H-pyrrole nitrogens is 1. The van der Waals surface area contributed by atoms with Crippen molar-refractivity contribution in [1.82, 2.24) is 9.99 Å².